The molecule has 24 heavy (non-hydrogen) atoms. The number of thioether (sulfide) groups is 1. The van der Waals surface area contributed by atoms with E-state index in [0.29, 0.717) is 6.54 Å². The van der Waals surface area contributed by atoms with Crippen molar-refractivity contribution in [3.8, 4) is 0 Å². The third kappa shape index (κ3) is 4.22. The smallest absolute Gasteiger partial charge is 0.317 e. The van der Waals surface area contributed by atoms with Crippen molar-refractivity contribution in [2.75, 3.05) is 38.2 Å². The molecule has 1 aromatic heterocycles. The molecule has 2 aliphatic rings. The zero-order chi connectivity index (χ0) is 16.8. The van der Waals surface area contributed by atoms with E-state index in [1.54, 1.807) is 11.1 Å². The Kier molecular flexibility index (Phi) is 6.00. The lowest BCUT2D eigenvalue weighted by molar-refractivity contribution is 0.102. The van der Waals surface area contributed by atoms with E-state index in [0.717, 1.165) is 25.3 Å². The van der Waals surface area contributed by atoms with Gasteiger partial charge in [-0.05, 0) is 25.0 Å². The highest BCUT2D eigenvalue weighted by Crippen LogP contribution is 2.36. The highest BCUT2D eigenvalue weighted by Gasteiger charge is 2.40. The molecule has 132 valence electrons. The second-order valence-electron chi connectivity index (χ2n) is 6.87. The molecule has 0 atom stereocenters. The van der Waals surface area contributed by atoms with Crippen molar-refractivity contribution in [2.45, 2.75) is 37.8 Å². The molecule has 1 saturated heterocycles. The predicted octanol–water partition coefficient (Wildman–Crippen LogP) is 2.58. The zero-order valence-electron chi connectivity index (χ0n) is 14.5. The first-order valence-corrected chi connectivity index (χ1v) is 10.1. The van der Waals surface area contributed by atoms with Crippen LogP contribution in [0.2, 0.25) is 0 Å². The summed E-state index contributed by atoms with van der Waals surface area (Å²) in [6.45, 7) is 3.62. The molecule has 2 fully saturated rings. The second-order valence-corrected chi connectivity index (χ2v) is 8.09. The van der Waals surface area contributed by atoms with Crippen LogP contribution < -0.4 is 5.32 Å². The summed E-state index contributed by atoms with van der Waals surface area (Å²) < 4.78 is 0. The molecular formula is C18H28N4OS. The van der Waals surface area contributed by atoms with Crippen molar-refractivity contribution in [1.29, 1.82) is 0 Å². The molecule has 1 N–H and O–H groups in total. The Morgan fingerprint density at radius 1 is 1.33 bits per heavy atom. The van der Waals surface area contributed by atoms with Crippen molar-refractivity contribution < 1.29 is 4.79 Å². The maximum Gasteiger partial charge on any atom is 0.317 e. The lowest BCUT2D eigenvalue weighted by Gasteiger charge is -2.43. The van der Waals surface area contributed by atoms with Gasteiger partial charge in [0.15, 0.2) is 0 Å². The molecular weight excluding hydrogens is 320 g/mol. The van der Waals surface area contributed by atoms with E-state index in [1.165, 1.54) is 37.2 Å². The van der Waals surface area contributed by atoms with Gasteiger partial charge in [0.25, 0.3) is 0 Å². The topological polar surface area (TPSA) is 48.5 Å². The van der Waals surface area contributed by atoms with Crippen molar-refractivity contribution in [1.82, 2.24) is 20.1 Å². The first-order valence-electron chi connectivity index (χ1n) is 8.91. The number of urea groups is 1. The first kappa shape index (κ1) is 17.5. The number of hydrogen-bond donors (Lipinski definition) is 1. The Morgan fingerprint density at radius 2 is 2.08 bits per heavy atom. The van der Waals surface area contributed by atoms with E-state index < -0.39 is 0 Å². The number of rotatable bonds is 5. The SMILES string of the molecule is CN(Cc1ccccn1)C(=O)NCC1(N2CCSCC2)CCCC1. The summed E-state index contributed by atoms with van der Waals surface area (Å²) in [5.41, 5.74) is 1.10. The first-order chi connectivity index (χ1) is 11.7. The van der Waals surface area contributed by atoms with Gasteiger partial charge in [-0.25, -0.2) is 4.79 Å². The van der Waals surface area contributed by atoms with Crippen LogP contribution in [0.1, 0.15) is 31.4 Å². The van der Waals surface area contributed by atoms with Crippen LogP contribution in [-0.4, -0.2) is 64.5 Å². The van der Waals surface area contributed by atoms with Gasteiger partial charge in [-0.3, -0.25) is 9.88 Å². The Morgan fingerprint density at radius 3 is 2.75 bits per heavy atom. The van der Waals surface area contributed by atoms with Crippen molar-refractivity contribution in [3.05, 3.63) is 30.1 Å². The monoisotopic (exact) mass is 348 g/mol. The molecule has 1 aliphatic carbocycles. The highest BCUT2D eigenvalue weighted by molar-refractivity contribution is 7.99. The van der Waals surface area contributed by atoms with Crippen molar-refractivity contribution >= 4 is 17.8 Å². The fourth-order valence-electron chi connectivity index (χ4n) is 3.86. The van der Waals surface area contributed by atoms with Crippen molar-refractivity contribution in [2.24, 2.45) is 0 Å². The van der Waals surface area contributed by atoms with Gasteiger partial charge in [0.2, 0.25) is 0 Å². The van der Waals surface area contributed by atoms with Gasteiger partial charge >= 0.3 is 6.03 Å². The molecule has 6 heteroatoms. The lowest BCUT2D eigenvalue weighted by atomic mass is 9.94. The number of aromatic nitrogens is 1. The molecule has 3 rings (SSSR count). The number of carbonyl (C=O) groups excluding carboxylic acids is 1. The summed E-state index contributed by atoms with van der Waals surface area (Å²) in [5.74, 6) is 2.44. The summed E-state index contributed by atoms with van der Waals surface area (Å²) in [7, 11) is 1.84. The van der Waals surface area contributed by atoms with Crippen LogP contribution in [-0.2, 0) is 6.54 Å². The molecule has 0 unspecified atom stereocenters. The van der Waals surface area contributed by atoms with E-state index in [-0.39, 0.29) is 11.6 Å². The van der Waals surface area contributed by atoms with Crippen LogP contribution in [0.4, 0.5) is 4.79 Å². The van der Waals surface area contributed by atoms with Crippen LogP contribution in [0.5, 0.6) is 0 Å². The maximum atomic E-state index is 12.5. The molecule has 2 amide bonds. The average Bonchev–Trinajstić information content (AvgIpc) is 3.11. The minimum atomic E-state index is -0.00156. The van der Waals surface area contributed by atoms with Gasteiger partial charge in [0, 0.05) is 49.9 Å². The second kappa shape index (κ2) is 8.21. The van der Waals surface area contributed by atoms with Crippen LogP contribution >= 0.6 is 11.8 Å². The van der Waals surface area contributed by atoms with Gasteiger partial charge in [-0.2, -0.15) is 11.8 Å². The minimum Gasteiger partial charge on any atom is -0.336 e. The number of pyridine rings is 1. The lowest BCUT2D eigenvalue weighted by Crippen LogP contribution is -2.57. The normalized spacial score (nSPS) is 20.7. The number of nitrogens with zero attached hydrogens (tertiary/aromatic N) is 3. The van der Waals surface area contributed by atoms with Crippen molar-refractivity contribution in [3.63, 3.8) is 0 Å². The Balaban J connectivity index is 1.55. The van der Waals surface area contributed by atoms with Gasteiger partial charge in [0.1, 0.15) is 0 Å². The molecule has 2 heterocycles. The Hall–Kier alpha value is -1.27. The maximum absolute atomic E-state index is 12.5. The number of hydrogen-bond acceptors (Lipinski definition) is 4. The molecule has 0 spiro atoms. The molecule has 5 nitrogen and oxygen atoms in total. The van der Waals surface area contributed by atoms with Gasteiger partial charge < -0.3 is 10.2 Å². The van der Waals surface area contributed by atoms with E-state index in [1.807, 2.05) is 37.0 Å². The molecule has 1 aromatic rings. The summed E-state index contributed by atoms with van der Waals surface area (Å²) >= 11 is 2.04. The molecule has 1 aliphatic heterocycles. The third-order valence-electron chi connectivity index (χ3n) is 5.26. The number of carbonyl (C=O) groups is 1. The number of amides is 2. The summed E-state index contributed by atoms with van der Waals surface area (Å²) in [4.78, 5) is 21.1. The Bertz CT molecular complexity index is 527. The standard InChI is InChI=1S/C18H28N4OS/c1-21(14-16-6-2-5-9-19-16)17(23)20-15-18(7-3-4-8-18)22-10-12-24-13-11-22/h2,5-6,9H,3-4,7-8,10-15H2,1H3,(H,20,23). The molecule has 0 aromatic carbocycles. The number of nitrogens with one attached hydrogen (secondary N) is 1. The summed E-state index contributed by atoms with van der Waals surface area (Å²) in [6, 6.07) is 5.80. The highest BCUT2D eigenvalue weighted by atomic mass is 32.2. The molecule has 0 bridgehead atoms. The molecule has 0 radical (unpaired) electrons. The average molecular weight is 349 g/mol. The zero-order valence-corrected chi connectivity index (χ0v) is 15.4. The third-order valence-corrected chi connectivity index (χ3v) is 6.20. The van der Waals surface area contributed by atoms with E-state index in [9.17, 15) is 4.79 Å². The fraction of sp³-hybridized carbons (Fsp3) is 0.667. The van der Waals surface area contributed by atoms with Gasteiger partial charge in [0.05, 0.1) is 12.2 Å². The molecule has 1 saturated carbocycles. The summed E-state index contributed by atoms with van der Waals surface area (Å²) in [6.07, 6.45) is 6.75. The predicted molar refractivity (Wildman–Crippen MR) is 99.2 cm³/mol. The van der Waals surface area contributed by atoms with Gasteiger partial charge in [-0.15, -0.1) is 0 Å². The largest absolute Gasteiger partial charge is 0.336 e. The van der Waals surface area contributed by atoms with Gasteiger partial charge in [-0.1, -0.05) is 18.9 Å². The quantitative estimate of drug-likeness (QED) is 0.888. The van der Waals surface area contributed by atoms with E-state index in [2.05, 4.69) is 15.2 Å². The Labute approximate surface area is 149 Å². The van der Waals surface area contributed by atoms with E-state index in [4.69, 9.17) is 0 Å². The summed E-state index contributed by atoms with van der Waals surface area (Å²) in [5, 5.41) is 3.19. The minimum absolute atomic E-state index is 0.00156. The van der Waals surface area contributed by atoms with Crippen LogP contribution in [0.15, 0.2) is 24.4 Å². The van der Waals surface area contributed by atoms with E-state index >= 15 is 0 Å². The van der Waals surface area contributed by atoms with Crippen LogP contribution in [0.3, 0.4) is 0 Å². The van der Waals surface area contributed by atoms with Crippen LogP contribution in [0, 0.1) is 0 Å². The van der Waals surface area contributed by atoms with Crippen LogP contribution in [0.25, 0.3) is 0 Å². The fourth-order valence-corrected chi connectivity index (χ4v) is 4.76.